The number of nitrogens with zero attached hydrogens (tertiary/aromatic N) is 2. The summed E-state index contributed by atoms with van der Waals surface area (Å²) in [5, 5.41) is 7.11. The average molecular weight is 301 g/mol. The van der Waals surface area contributed by atoms with Crippen LogP contribution in [0.1, 0.15) is 17.3 Å². The molecule has 2 aliphatic rings. The number of benzene rings is 1. The zero-order valence-electron chi connectivity index (χ0n) is 12.3. The molecule has 22 heavy (non-hydrogen) atoms. The number of H-pyrrole nitrogens is 1. The predicted octanol–water partition coefficient (Wildman–Crippen LogP) is 1.75. The van der Waals surface area contributed by atoms with Gasteiger partial charge >= 0.3 is 0 Å². The Balaban J connectivity index is 1.53. The van der Waals surface area contributed by atoms with Crippen molar-refractivity contribution in [3.05, 3.63) is 41.7 Å². The van der Waals surface area contributed by atoms with E-state index < -0.39 is 0 Å². The highest BCUT2D eigenvalue weighted by molar-refractivity contribution is 5.43. The third kappa shape index (κ3) is 2.67. The van der Waals surface area contributed by atoms with Gasteiger partial charge in [-0.3, -0.25) is 10.00 Å². The molecule has 4 rings (SSSR count). The maximum Gasteiger partial charge on any atom is 0.161 e. The molecule has 1 aromatic heterocycles. The molecule has 1 atom stereocenters. The molecule has 0 aliphatic carbocycles. The molecule has 1 saturated heterocycles. The average Bonchev–Trinajstić information content (AvgIpc) is 3.10. The van der Waals surface area contributed by atoms with E-state index in [1.807, 2.05) is 12.1 Å². The van der Waals surface area contributed by atoms with Gasteiger partial charge in [-0.05, 0) is 23.8 Å². The third-order valence-electron chi connectivity index (χ3n) is 4.11. The molecule has 6 heteroatoms. The molecule has 0 radical (unpaired) electrons. The number of fused-ring (bicyclic) bond motifs is 1. The lowest BCUT2D eigenvalue weighted by Gasteiger charge is -2.35. The standard InChI is InChI=1S/C16H19N3O3/c1-2-15-16(22-8-7-21-15)9-12(1)10-19-5-6-20-11-14(19)13-3-4-17-18-13/h1-4,9,14H,5-8,10-11H2,(H,17,18)/t14-/m0/s1. The number of nitrogens with one attached hydrogen (secondary N) is 1. The van der Waals surface area contributed by atoms with Crippen molar-refractivity contribution < 1.29 is 14.2 Å². The Morgan fingerprint density at radius 1 is 1.14 bits per heavy atom. The third-order valence-corrected chi connectivity index (χ3v) is 4.11. The number of aromatic amines is 1. The van der Waals surface area contributed by atoms with Gasteiger partial charge in [-0.1, -0.05) is 6.07 Å². The topological polar surface area (TPSA) is 59.6 Å². The van der Waals surface area contributed by atoms with Crippen molar-refractivity contribution >= 4 is 0 Å². The molecule has 0 amide bonds. The molecule has 3 heterocycles. The number of hydrogen-bond acceptors (Lipinski definition) is 5. The van der Waals surface area contributed by atoms with Gasteiger partial charge in [0.25, 0.3) is 0 Å². The Bertz CT molecular complexity index is 630. The van der Waals surface area contributed by atoms with E-state index in [1.54, 1.807) is 6.20 Å². The van der Waals surface area contributed by atoms with Crippen LogP contribution in [0.15, 0.2) is 30.5 Å². The number of ether oxygens (including phenoxy) is 3. The summed E-state index contributed by atoms with van der Waals surface area (Å²) in [4.78, 5) is 2.41. The fourth-order valence-electron chi connectivity index (χ4n) is 2.99. The van der Waals surface area contributed by atoms with Crippen LogP contribution in [0.5, 0.6) is 11.5 Å². The van der Waals surface area contributed by atoms with Crippen molar-refractivity contribution in [1.29, 1.82) is 0 Å². The zero-order valence-corrected chi connectivity index (χ0v) is 12.3. The summed E-state index contributed by atoms with van der Waals surface area (Å²) in [7, 11) is 0. The van der Waals surface area contributed by atoms with Crippen LogP contribution in [-0.4, -0.2) is 48.1 Å². The van der Waals surface area contributed by atoms with E-state index in [4.69, 9.17) is 14.2 Å². The largest absolute Gasteiger partial charge is 0.486 e. The first-order chi connectivity index (χ1) is 10.9. The number of rotatable bonds is 3. The van der Waals surface area contributed by atoms with Crippen molar-refractivity contribution in [2.45, 2.75) is 12.6 Å². The Morgan fingerprint density at radius 2 is 2.05 bits per heavy atom. The molecular formula is C16H19N3O3. The van der Waals surface area contributed by atoms with Crippen LogP contribution >= 0.6 is 0 Å². The highest BCUT2D eigenvalue weighted by Crippen LogP contribution is 2.32. The minimum atomic E-state index is 0.212. The van der Waals surface area contributed by atoms with E-state index in [2.05, 4.69) is 27.2 Å². The van der Waals surface area contributed by atoms with E-state index in [1.165, 1.54) is 5.56 Å². The van der Waals surface area contributed by atoms with Gasteiger partial charge in [-0.15, -0.1) is 0 Å². The fraction of sp³-hybridized carbons (Fsp3) is 0.438. The number of hydrogen-bond donors (Lipinski definition) is 1. The molecule has 0 spiro atoms. The van der Waals surface area contributed by atoms with E-state index >= 15 is 0 Å². The second kappa shape index (κ2) is 5.98. The summed E-state index contributed by atoms with van der Waals surface area (Å²) in [5.74, 6) is 1.68. The highest BCUT2D eigenvalue weighted by Gasteiger charge is 2.26. The summed E-state index contributed by atoms with van der Waals surface area (Å²) >= 11 is 0. The zero-order chi connectivity index (χ0) is 14.8. The fourth-order valence-corrected chi connectivity index (χ4v) is 2.99. The molecule has 6 nitrogen and oxygen atoms in total. The molecule has 1 N–H and O–H groups in total. The second-order valence-electron chi connectivity index (χ2n) is 5.55. The summed E-state index contributed by atoms with van der Waals surface area (Å²) in [6, 6.07) is 8.40. The van der Waals surface area contributed by atoms with Crippen LogP contribution < -0.4 is 9.47 Å². The summed E-state index contributed by atoms with van der Waals surface area (Å²) in [6.45, 7) is 4.44. The maximum atomic E-state index is 5.67. The Hall–Kier alpha value is -2.05. The molecule has 0 bridgehead atoms. The van der Waals surface area contributed by atoms with Crippen LogP contribution in [0.3, 0.4) is 0 Å². The molecular weight excluding hydrogens is 282 g/mol. The van der Waals surface area contributed by atoms with Gasteiger partial charge in [0.05, 0.1) is 24.9 Å². The van der Waals surface area contributed by atoms with Gasteiger partial charge in [0, 0.05) is 19.3 Å². The molecule has 0 unspecified atom stereocenters. The van der Waals surface area contributed by atoms with Crippen molar-refractivity contribution in [3.8, 4) is 11.5 Å². The van der Waals surface area contributed by atoms with Crippen molar-refractivity contribution in [1.82, 2.24) is 15.1 Å². The van der Waals surface area contributed by atoms with Crippen molar-refractivity contribution in [2.24, 2.45) is 0 Å². The van der Waals surface area contributed by atoms with Crippen LogP contribution in [0.2, 0.25) is 0 Å². The van der Waals surface area contributed by atoms with Crippen LogP contribution in [0, 0.1) is 0 Å². The minimum absolute atomic E-state index is 0.212. The smallest absolute Gasteiger partial charge is 0.161 e. The molecule has 0 saturated carbocycles. The van der Waals surface area contributed by atoms with Gasteiger partial charge in [0.1, 0.15) is 13.2 Å². The first kappa shape index (κ1) is 13.6. The van der Waals surface area contributed by atoms with Gasteiger partial charge in [-0.25, -0.2) is 0 Å². The van der Waals surface area contributed by atoms with Gasteiger partial charge in [0.2, 0.25) is 0 Å². The highest BCUT2D eigenvalue weighted by atomic mass is 16.6. The molecule has 2 aliphatic heterocycles. The summed E-state index contributed by atoms with van der Waals surface area (Å²) < 4.78 is 16.9. The first-order valence-electron chi connectivity index (χ1n) is 7.60. The lowest BCUT2D eigenvalue weighted by molar-refractivity contribution is -0.0143. The minimum Gasteiger partial charge on any atom is -0.486 e. The van der Waals surface area contributed by atoms with E-state index in [0.717, 1.165) is 36.9 Å². The number of morpholine rings is 1. The molecule has 1 aromatic carbocycles. The molecule has 1 fully saturated rings. The monoisotopic (exact) mass is 301 g/mol. The van der Waals surface area contributed by atoms with Crippen LogP contribution in [0.4, 0.5) is 0 Å². The molecule has 2 aromatic rings. The quantitative estimate of drug-likeness (QED) is 0.936. The predicted molar refractivity (Wildman–Crippen MR) is 80.0 cm³/mol. The molecule has 116 valence electrons. The van der Waals surface area contributed by atoms with Crippen molar-refractivity contribution in [3.63, 3.8) is 0 Å². The summed E-state index contributed by atoms with van der Waals surface area (Å²) in [6.07, 6.45) is 1.78. The van der Waals surface area contributed by atoms with Gasteiger partial charge in [0.15, 0.2) is 11.5 Å². The Labute approximate surface area is 129 Å². The van der Waals surface area contributed by atoms with Gasteiger partial charge in [-0.2, -0.15) is 5.10 Å². The van der Waals surface area contributed by atoms with E-state index in [-0.39, 0.29) is 6.04 Å². The lowest BCUT2D eigenvalue weighted by Crippen LogP contribution is -2.39. The SMILES string of the molecule is c1cc([C@@H]2COCCN2Cc2ccc3c(c2)OCCO3)[nH]n1. The summed E-state index contributed by atoms with van der Waals surface area (Å²) in [5.41, 5.74) is 2.31. The lowest BCUT2D eigenvalue weighted by atomic mass is 10.1. The Morgan fingerprint density at radius 3 is 2.91 bits per heavy atom. The second-order valence-corrected chi connectivity index (χ2v) is 5.55. The van der Waals surface area contributed by atoms with E-state index in [0.29, 0.717) is 19.8 Å². The Kier molecular flexibility index (Phi) is 3.70. The maximum absolute atomic E-state index is 5.67. The normalized spacial score (nSPS) is 21.7. The number of aromatic nitrogens is 2. The van der Waals surface area contributed by atoms with E-state index in [9.17, 15) is 0 Å². The van der Waals surface area contributed by atoms with Crippen LogP contribution in [0.25, 0.3) is 0 Å². The van der Waals surface area contributed by atoms with Crippen LogP contribution in [-0.2, 0) is 11.3 Å². The van der Waals surface area contributed by atoms with Crippen molar-refractivity contribution in [2.75, 3.05) is 33.0 Å². The van der Waals surface area contributed by atoms with Gasteiger partial charge < -0.3 is 14.2 Å². The first-order valence-corrected chi connectivity index (χ1v) is 7.60.